The van der Waals surface area contributed by atoms with E-state index >= 15 is 0 Å². The third-order valence-electron chi connectivity index (χ3n) is 4.57. The van der Waals surface area contributed by atoms with Gasteiger partial charge in [0.15, 0.2) is 0 Å². The summed E-state index contributed by atoms with van der Waals surface area (Å²) in [5.74, 6) is 0. The minimum Gasteiger partial charge on any atom is -0.383 e. The van der Waals surface area contributed by atoms with Gasteiger partial charge in [0.25, 0.3) is 0 Å². The second kappa shape index (κ2) is 7.39. The predicted octanol–water partition coefficient (Wildman–Crippen LogP) is 2.71. The summed E-state index contributed by atoms with van der Waals surface area (Å²) in [6.45, 7) is 9.81. The van der Waals surface area contributed by atoms with E-state index in [0.29, 0.717) is 12.1 Å². The highest BCUT2D eigenvalue weighted by atomic mass is 16.5. The van der Waals surface area contributed by atoms with Crippen LogP contribution in [0.1, 0.15) is 32.8 Å². The summed E-state index contributed by atoms with van der Waals surface area (Å²) in [5, 5.41) is 3.73. The van der Waals surface area contributed by atoms with Crippen LogP contribution in [-0.4, -0.2) is 49.3 Å². The van der Waals surface area contributed by atoms with Gasteiger partial charge in [0, 0.05) is 37.8 Å². The Morgan fingerprint density at radius 1 is 1.29 bits per heavy atom. The number of ether oxygens (including phenoxy) is 1. The zero-order valence-corrected chi connectivity index (χ0v) is 13.9. The first-order valence-electron chi connectivity index (χ1n) is 8.10. The van der Waals surface area contributed by atoms with Crippen molar-refractivity contribution in [1.29, 1.82) is 0 Å². The molecule has 1 aliphatic rings. The fraction of sp³-hybridized carbons (Fsp3) is 0.667. The van der Waals surface area contributed by atoms with Crippen molar-refractivity contribution in [3.8, 4) is 0 Å². The maximum absolute atomic E-state index is 5.44. The molecule has 21 heavy (non-hydrogen) atoms. The third-order valence-corrected chi connectivity index (χ3v) is 4.57. The summed E-state index contributed by atoms with van der Waals surface area (Å²) < 4.78 is 5.44. The zero-order valence-electron chi connectivity index (χ0n) is 13.9. The Morgan fingerprint density at radius 3 is 2.62 bits per heavy atom. The van der Waals surface area contributed by atoms with Crippen molar-refractivity contribution in [2.75, 3.05) is 26.8 Å². The first-order chi connectivity index (χ1) is 10.1. The molecule has 0 bridgehead atoms. The summed E-state index contributed by atoms with van der Waals surface area (Å²) in [7, 11) is 1.80. The number of hydrogen-bond acceptors (Lipinski definition) is 3. The minimum atomic E-state index is 0.0897. The molecule has 0 saturated carbocycles. The fourth-order valence-electron chi connectivity index (χ4n) is 3.44. The van der Waals surface area contributed by atoms with Crippen LogP contribution in [0.15, 0.2) is 30.3 Å². The summed E-state index contributed by atoms with van der Waals surface area (Å²) >= 11 is 0. The quantitative estimate of drug-likeness (QED) is 0.872. The highest BCUT2D eigenvalue weighted by Crippen LogP contribution is 2.24. The third kappa shape index (κ3) is 4.29. The number of methoxy groups -OCH3 is 1. The van der Waals surface area contributed by atoms with E-state index in [4.69, 9.17) is 4.74 Å². The minimum absolute atomic E-state index is 0.0897. The number of piperazine rings is 1. The summed E-state index contributed by atoms with van der Waals surface area (Å²) in [4.78, 5) is 2.64. The van der Waals surface area contributed by atoms with Crippen molar-refractivity contribution in [2.45, 2.75) is 51.2 Å². The second-order valence-electron chi connectivity index (χ2n) is 6.75. The Balaban J connectivity index is 2.04. The van der Waals surface area contributed by atoms with Crippen LogP contribution in [-0.2, 0) is 11.2 Å². The molecule has 118 valence electrons. The van der Waals surface area contributed by atoms with Gasteiger partial charge >= 0.3 is 0 Å². The smallest absolute Gasteiger partial charge is 0.0641 e. The molecular weight excluding hydrogens is 260 g/mol. The molecule has 2 unspecified atom stereocenters. The predicted molar refractivity (Wildman–Crippen MR) is 88.7 cm³/mol. The van der Waals surface area contributed by atoms with Crippen LogP contribution in [0, 0.1) is 0 Å². The molecule has 1 saturated heterocycles. The number of nitrogens with one attached hydrogen (secondary N) is 1. The maximum Gasteiger partial charge on any atom is 0.0641 e. The molecule has 0 amide bonds. The van der Waals surface area contributed by atoms with Gasteiger partial charge in [-0.15, -0.1) is 0 Å². The molecule has 2 atom stereocenters. The first-order valence-corrected chi connectivity index (χ1v) is 8.10. The van der Waals surface area contributed by atoms with E-state index in [-0.39, 0.29) is 5.54 Å². The molecular formula is C18H30N2O. The molecule has 1 fully saturated rings. The van der Waals surface area contributed by atoms with Gasteiger partial charge < -0.3 is 10.1 Å². The lowest BCUT2D eigenvalue weighted by molar-refractivity contribution is -0.0178. The van der Waals surface area contributed by atoms with Gasteiger partial charge in [0.05, 0.1) is 6.61 Å². The standard InChI is InChI=1S/C18H30N2O/c1-5-17-12-19-16(11-15-9-7-6-8-10-15)13-20(17)18(2,3)14-21-4/h6-10,16-17,19H,5,11-14H2,1-4H3. The lowest BCUT2D eigenvalue weighted by Gasteiger charge is -2.48. The molecule has 0 spiro atoms. The summed E-state index contributed by atoms with van der Waals surface area (Å²) in [6, 6.07) is 11.9. The average molecular weight is 290 g/mol. The summed E-state index contributed by atoms with van der Waals surface area (Å²) in [6.07, 6.45) is 2.27. The van der Waals surface area contributed by atoms with E-state index in [2.05, 4.69) is 61.3 Å². The van der Waals surface area contributed by atoms with Gasteiger partial charge in [-0.2, -0.15) is 0 Å². The Hall–Kier alpha value is -0.900. The van der Waals surface area contributed by atoms with Gasteiger partial charge in [0.1, 0.15) is 0 Å². The van der Waals surface area contributed by atoms with Gasteiger partial charge in [-0.05, 0) is 32.3 Å². The van der Waals surface area contributed by atoms with E-state index < -0.39 is 0 Å². The van der Waals surface area contributed by atoms with Crippen molar-refractivity contribution < 1.29 is 4.74 Å². The summed E-state index contributed by atoms with van der Waals surface area (Å²) in [5.41, 5.74) is 1.50. The van der Waals surface area contributed by atoms with Crippen LogP contribution >= 0.6 is 0 Å². The topological polar surface area (TPSA) is 24.5 Å². The van der Waals surface area contributed by atoms with Crippen LogP contribution in [0.5, 0.6) is 0 Å². The van der Waals surface area contributed by atoms with E-state index in [0.717, 1.165) is 26.1 Å². The van der Waals surface area contributed by atoms with Crippen LogP contribution in [0.3, 0.4) is 0 Å². The van der Waals surface area contributed by atoms with E-state index in [1.807, 2.05) is 0 Å². The lowest BCUT2D eigenvalue weighted by atomic mass is 9.94. The molecule has 2 rings (SSSR count). The van der Waals surface area contributed by atoms with E-state index in [1.54, 1.807) is 7.11 Å². The van der Waals surface area contributed by atoms with Gasteiger partial charge in [-0.3, -0.25) is 4.90 Å². The average Bonchev–Trinajstić information content (AvgIpc) is 2.48. The Labute approximate surface area is 129 Å². The fourth-order valence-corrected chi connectivity index (χ4v) is 3.44. The van der Waals surface area contributed by atoms with E-state index in [1.165, 1.54) is 12.0 Å². The SMILES string of the molecule is CCC1CNC(Cc2ccccc2)CN1C(C)(C)COC. The van der Waals surface area contributed by atoms with Crippen molar-refractivity contribution in [3.63, 3.8) is 0 Å². The van der Waals surface area contributed by atoms with Gasteiger partial charge in [-0.25, -0.2) is 0 Å². The molecule has 1 N–H and O–H groups in total. The number of hydrogen-bond donors (Lipinski definition) is 1. The molecule has 1 aromatic carbocycles. The molecule has 3 nitrogen and oxygen atoms in total. The van der Waals surface area contributed by atoms with Crippen molar-refractivity contribution in [1.82, 2.24) is 10.2 Å². The Morgan fingerprint density at radius 2 is 2.00 bits per heavy atom. The molecule has 1 aromatic rings. The molecule has 1 aliphatic heterocycles. The van der Waals surface area contributed by atoms with Crippen LogP contribution < -0.4 is 5.32 Å². The molecule has 0 aromatic heterocycles. The Bertz CT molecular complexity index is 418. The highest BCUT2D eigenvalue weighted by molar-refractivity contribution is 5.16. The van der Waals surface area contributed by atoms with Gasteiger partial charge in [-0.1, -0.05) is 37.3 Å². The second-order valence-corrected chi connectivity index (χ2v) is 6.75. The number of benzene rings is 1. The molecule has 1 heterocycles. The van der Waals surface area contributed by atoms with E-state index in [9.17, 15) is 0 Å². The first kappa shape index (κ1) is 16.5. The van der Waals surface area contributed by atoms with Crippen LogP contribution in [0.25, 0.3) is 0 Å². The normalized spacial score (nSPS) is 24.2. The zero-order chi connectivity index (χ0) is 15.3. The van der Waals surface area contributed by atoms with Gasteiger partial charge in [0.2, 0.25) is 0 Å². The van der Waals surface area contributed by atoms with Crippen LogP contribution in [0.4, 0.5) is 0 Å². The molecule has 0 radical (unpaired) electrons. The monoisotopic (exact) mass is 290 g/mol. The molecule has 3 heteroatoms. The number of rotatable bonds is 6. The van der Waals surface area contributed by atoms with Crippen LogP contribution in [0.2, 0.25) is 0 Å². The highest BCUT2D eigenvalue weighted by Gasteiger charge is 2.36. The molecule has 0 aliphatic carbocycles. The van der Waals surface area contributed by atoms with Crippen molar-refractivity contribution in [3.05, 3.63) is 35.9 Å². The van der Waals surface area contributed by atoms with Crippen molar-refractivity contribution in [2.24, 2.45) is 0 Å². The number of nitrogens with zero attached hydrogens (tertiary/aromatic N) is 1. The maximum atomic E-state index is 5.44. The largest absolute Gasteiger partial charge is 0.383 e. The Kier molecular flexibility index (Phi) is 5.80. The lowest BCUT2D eigenvalue weighted by Crippen LogP contribution is -2.64. The van der Waals surface area contributed by atoms with Crippen molar-refractivity contribution >= 4 is 0 Å².